The number of nitrogens with zero attached hydrogens (tertiary/aromatic N) is 2. The molecule has 3 rings (SSSR count). The minimum absolute atomic E-state index is 0.0360. The maximum Gasteiger partial charge on any atom is 0.320 e. The zero-order valence-electron chi connectivity index (χ0n) is 12.8. The summed E-state index contributed by atoms with van der Waals surface area (Å²) in [4.78, 5) is 22.5. The van der Waals surface area contributed by atoms with E-state index in [1.807, 2.05) is 31.2 Å². The van der Waals surface area contributed by atoms with Gasteiger partial charge in [-0.05, 0) is 35.6 Å². The van der Waals surface area contributed by atoms with Crippen LogP contribution in [-0.4, -0.2) is 15.3 Å². The SMILES string of the molecule is Cc1ccccc1CNC(=O)Nc1nsc2ccc([N+](=O)[O-])cc12. The number of urea groups is 1. The third kappa shape index (κ3) is 3.33. The van der Waals surface area contributed by atoms with E-state index in [0.29, 0.717) is 17.7 Å². The average Bonchev–Trinajstić information content (AvgIpc) is 2.96. The van der Waals surface area contributed by atoms with Crippen molar-refractivity contribution in [2.45, 2.75) is 13.5 Å². The number of hydrogen-bond acceptors (Lipinski definition) is 5. The molecule has 0 atom stereocenters. The van der Waals surface area contributed by atoms with Gasteiger partial charge in [-0.25, -0.2) is 4.79 Å². The summed E-state index contributed by atoms with van der Waals surface area (Å²) in [7, 11) is 0. The van der Waals surface area contributed by atoms with Crippen LogP contribution in [0.15, 0.2) is 42.5 Å². The Bertz CT molecular complexity index is 923. The fourth-order valence-corrected chi connectivity index (χ4v) is 2.98. The molecule has 8 heteroatoms. The fourth-order valence-electron chi connectivity index (χ4n) is 2.27. The van der Waals surface area contributed by atoms with Gasteiger partial charge in [-0.2, -0.15) is 4.37 Å². The first-order valence-corrected chi connectivity index (χ1v) is 7.95. The standard InChI is InChI=1S/C16H14N4O3S/c1-10-4-2-3-5-11(10)9-17-16(21)18-15-13-8-12(20(22)23)6-7-14(13)24-19-15/h2-8H,9H2,1H3,(H2,17,18,19,21). The molecule has 0 saturated carbocycles. The molecule has 2 aromatic carbocycles. The van der Waals surface area contributed by atoms with Crippen LogP contribution in [0.4, 0.5) is 16.3 Å². The zero-order valence-corrected chi connectivity index (χ0v) is 13.6. The lowest BCUT2D eigenvalue weighted by atomic mass is 10.1. The first-order valence-electron chi connectivity index (χ1n) is 7.18. The second kappa shape index (κ2) is 6.63. The van der Waals surface area contributed by atoms with Crippen molar-refractivity contribution in [3.63, 3.8) is 0 Å². The van der Waals surface area contributed by atoms with Gasteiger partial charge in [0.2, 0.25) is 0 Å². The predicted molar refractivity (Wildman–Crippen MR) is 93.3 cm³/mol. The number of nitrogens with one attached hydrogen (secondary N) is 2. The summed E-state index contributed by atoms with van der Waals surface area (Å²) >= 11 is 1.18. The molecule has 0 saturated heterocycles. The molecule has 0 fully saturated rings. The van der Waals surface area contributed by atoms with Gasteiger partial charge < -0.3 is 5.32 Å². The number of benzene rings is 2. The van der Waals surface area contributed by atoms with E-state index >= 15 is 0 Å². The lowest BCUT2D eigenvalue weighted by Crippen LogP contribution is -2.28. The van der Waals surface area contributed by atoms with Crippen molar-refractivity contribution in [1.29, 1.82) is 0 Å². The van der Waals surface area contributed by atoms with E-state index in [2.05, 4.69) is 15.0 Å². The quantitative estimate of drug-likeness (QED) is 0.556. The summed E-state index contributed by atoms with van der Waals surface area (Å²) in [5, 5.41) is 16.8. The van der Waals surface area contributed by atoms with E-state index in [0.717, 1.165) is 15.8 Å². The Kier molecular flexibility index (Phi) is 4.39. The number of rotatable bonds is 4. The number of aryl methyl sites for hydroxylation is 1. The van der Waals surface area contributed by atoms with Crippen LogP contribution in [-0.2, 0) is 6.54 Å². The highest BCUT2D eigenvalue weighted by Crippen LogP contribution is 2.30. The monoisotopic (exact) mass is 342 g/mol. The predicted octanol–water partition coefficient (Wildman–Crippen LogP) is 3.83. The molecule has 122 valence electrons. The highest BCUT2D eigenvalue weighted by molar-refractivity contribution is 7.13. The second-order valence-corrected chi connectivity index (χ2v) is 6.01. The van der Waals surface area contributed by atoms with Crippen molar-refractivity contribution in [2.75, 3.05) is 5.32 Å². The Balaban J connectivity index is 1.72. The molecule has 2 amide bonds. The minimum Gasteiger partial charge on any atom is -0.334 e. The Morgan fingerprint density at radius 3 is 2.83 bits per heavy atom. The highest BCUT2D eigenvalue weighted by Gasteiger charge is 2.14. The number of amides is 2. The third-order valence-electron chi connectivity index (χ3n) is 3.60. The molecule has 0 aliphatic heterocycles. The number of carbonyl (C=O) groups excluding carboxylic acids is 1. The molecule has 0 aliphatic carbocycles. The lowest BCUT2D eigenvalue weighted by molar-refractivity contribution is -0.384. The Hall–Kier alpha value is -3.00. The highest BCUT2D eigenvalue weighted by atomic mass is 32.1. The van der Waals surface area contributed by atoms with Gasteiger partial charge in [-0.3, -0.25) is 15.4 Å². The van der Waals surface area contributed by atoms with Crippen molar-refractivity contribution in [1.82, 2.24) is 9.69 Å². The molecule has 0 unspecified atom stereocenters. The van der Waals surface area contributed by atoms with E-state index < -0.39 is 11.0 Å². The van der Waals surface area contributed by atoms with Gasteiger partial charge in [0, 0.05) is 24.1 Å². The first-order chi connectivity index (χ1) is 11.5. The fraction of sp³-hybridized carbons (Fsp3) is 0.125. The summed E-state index contributed by atoms with van der Waals surface area (Å²) in [6.07, 6.45) is 0. The van der Waals surface area contributed by atoms with Crippen molar-refractivity contribution in [3.8, 4) is 0 Å². The summed E-state index contributed by atoms with van der Waals surface area (Å²) in [5.41, 5.74) is 2.07. The van der Waals surface area contributed by atoms with Gasteiger partial charge in [0.1, 0.15) is 0 Å². The van der Waals surface area contributed by atoms with E-state index in [1.54, 1.807) is 6.07 Å². The number of anilines is 1. The molecule has 0 bridgehead atoms. The number of hydrogen-bond donors (Lipinski definition) is 2. The second-order valence-electron chi connectivity index (χ2n) is 5.20. The third-order valence-corrected chi connectivity index (χ3v) is 4.42. The van der Waals surface area contributed by atoms with Crippen LogP contribution in [0.25, 0.3) is 10.1 Å². The number of non-ortho nitro benzene ring substituents is 1. The molecule has 0 aliphatic rings. The van der Waals surface area contributed by atoms with Crippen LogP contribution < -0.4 is 10.6 Å². The minimum atomic E-state index is -0.473. The van der Waals surface area contributed by atoms with Crippen LogP contribution in [0, 0.1) is 17.0 Å². The molecule has 0 radical (unpaired) electrons. The average molecular weight is 342 g/mol. The van der Waals surface area contributed by atoms with E-state index in [4.69, 9.17) is 0 Å². The van der Waals surface area contributed by atoms with Crippen molar-refractivity contribution < 1.29 is 9.72 Å². The van der Waals surface area contributed by atoms with Crippen LogP contribution in [0.1, 0.15) is 11.1 Å². The van der Waals surface area contributed by atoms with Gasteiger partial charge in [-0.1, -0.05) is 24.3 Å². The van der Waals surface area contributed by atoms with E-state index in [9.17, 15) is 14.9 Å². The number of nitro benzene ring substituents is 1. The molecular weight excluding hydrogens is 328 g/mol. The van der Waals surface area contributed by atoms with Crippen molar-refractivity contribution in [3.05, 3.63) is 63.7 Å². The molecule has 1 heterocycles. The zero-order chi connectivity index (χ0) is 17.1. The van der Waals surface area contributed by atoms with E-state index in [-0.39, 0.29) is 5.69 Å². The normalized spacial score (nSPS) is 10.5. The van der Waals surface area contributed by atoms with Gasteiger partial charge in [0.05, 0.1) is 9.62 Å². The largest absolute Gasteiger partial charge is 0.334 e. The Morgan fingerprint density at radius 2 is 2.08 bits per heavy atom. The van der Waals surface area contributed by atoms with Crippen molar-refractivity contribution >= 4 is 39.2 Å². The van der Waals surface area contributed by atoms with Crippen LogP contribution in [0.3, 0.4) is 0 Å². The summed E-state index contributed by atoms with van der Waals surface area (Å²) in [6, 6.07) is 11.8. The first kappa shape index (κ1) is 15.9. The van der Waals surface area contributed by atoms with Gasteiger partial charge in [-0.15, -0.1) is 0 Å². The number of aromatic nitrogens is 1. The molecule has 1 aromatic heterocycles. The molecule has 7 nitrogen and oxygen atoms in total. The molecule has 3 aromatic rings. The summed E-state index contributed by atoms with van der Waals surface area (Å²) in [6.45, 7) is 2.36. The summed E-state index contributed by atoms with van der Waals surface area (Å²) in [5.74, 6) is 0.320. The topological polar surface area (TPSA) is 97.2 Å². The van der Waals surface area contributed by atoms with E-state index in [1.165, 1.54) is 23.7 Å². The van der Waals surface area contributed by atoms with Gasteiger partial charge >= 0.3 is 6.03 Å². The van der Waals surface area contributed by atoms with Crippen LogP contribution in [0.2, 0.25) is 0 Å². The molecule has 0 spiro atoms. The van der Waals surface area contributed by atoms with Crippen molar-refractivity contribution in [2.24, 2.45) is 0 Å². The lowest BCUT2D eigenvalue weighted by Gasteiger charge is -2.08. The number of fused-ring (bicyclic) bond motifs is 1. The van der Waals surface area contributed by atoms with Crippen LogP contribution in [0.5, 0.6) is 0 Å². The molecule has 24 heavy (non-hydrogen) atoms. The number of nitro groups is 1. The van der Waals surface area contributed by atoms with Crippen LogP contribution >= 0.6 is 11.5 Å². The Morgan fingerprint density at radius 1 is 1.29 bits per heavy atom. The maximum absolute atomic E-state index is 12.1. The molecule has 2 N–H and O–H groups in total. The van der Waals surface area contributed by atoms with Gasteiger partial charge in [0.25, 0.3) is 5.69 Å². The number of carbonyl (C=O) groups is 1. The smallest absolute Gasteiger partial charge is 0.320 e. The van der Waals surface area contributed by atoms with Gasteiger partial charge in [0.15, 0.2) is 5.82 Å². The molecular formula is C16H14N4O3S. The maximum atomic E-state index is 12.1. The summed E-state index contributed by atoms with van der Waals surface area (Å²) < 4.78 is 4.93. The Labute approximate surface area is 141 Å².